The summed E-state index contributed by atoms with van der Waals surface area (Å²) in [5.41, 5.74) is 6.92. The first-order valence-corrected chi connectivity index (χ1v) is 8.47. The van der Waals surface area contributed by atoms with Gasteiger partial charge in [0.15, 0.2) is 0 Å². The monoisotopic (exact) mass is 339 g/mol. The molecule has 3 N–H and O–H groups in total. The Labute approximate surface area is 143 Å². The van der Waals surface area contributed by atoms with Gasteiger partial charge in [0.2, 0.25) is 5.91 Å². The molecule has 0 aromatic heterocycles. The maximum atomic E-state index is 12.2. The number of nitrogens with one attached hydrogen (secondary N) is 1. The molecule has 0 saturated carbocycles. The van der Waals surface area contributed by atoms with Gasteiger partial charge in [0, 0.05) is 36.6 Å². The fourth-order valence-electron chi connectivity index (χ4n) is 2.66. The van der Waals surface area contributed by atoms with Crippen LogP contribution < -0.4 is 11.1 Å². The Morgan fingerprint density at radius 1 is 1.39 bits per heavy atom. The number of amides is 1. The number of ether oxygens (including phenoxy) is 1. The Morgan fingerprint density at radius 3 is 2.70 bits per heavy atom. The van der Waals surface area contributed by atoms with Crippen LogP contribution in [0.5, 0.6) is 0 Å². The van der Waals surface area contributed by atoms with Crippen LogP contribution in [0, 0.1) is 5.92 Å². The second kappa shape index (κ2) is 8.64. The highest BCUT2D eigenvalue weighted by Crippen LogP contribution is 2.24. The molecule has 6 heteroatoms. The number of hydrogen-bond donors (Lipinski definition) is 2. The fraction of sp³-hybridized carbons (Fsp3) is 0.588. The molecule has 0 radical (unpaired) electrons. The standard InChI is InChI=1S/C17H26ClN3O2/c1-12(13(2)19)17(22)20-11-16(21-6-8-23-9-7-21)14-4-3-5-15(18)10-14/h3-5,10,12-13,16H,6-9,11,19H2,1-2H3,(H,20,22). The lowest BCUT2D eigenvalue weighted by Crippen LogP contribution is -2.46. The predicted octanol–water partition coefficient (Wildman–Crippen LogP) is 1.81. The molecule has 1 aliphatic heterocycles. The van der Waals surface area contributed by atoms with Gasteiger partial charge < -0.3 is 15.8 Å². The minimum absolute atomic E-state index is 0.0136. The second-order valence-electron chi connectivity index (χ2n) is 6.11. The summed E-state index contributed by atoms with van der Waals surface area (Å²) in [6, 6.07) is 7.73. The molecular weight excluding hydrogens is 314 g/mol. The van der Waals surface area contributed by atoms with Crippen LogP contribution in [-0.2, 0) is 9.53 Å². The molecule has 1 saturated heterocycles. The lowest BCUT2D eigenvalue weighted by molar-refractivity contribution is -0.125. The first-order valence-electron chi connectivity index (χ1n) is 8.09. The number of halogens is 1. The number of rotatable bonds is 6. The predicted molar refractivity (Wildman–Crippen MR) is 92.4 cm³/mol. The molecule has 0 bridgehead atoms. The molecule has 1 aromatic carbocycles. The summed E-state index contributed by atoms with van der Waals surface area (Å²) in [7, 11) is 0. The third-order valence-corrected chi connectivity index (χ3v) is 4.63. The summed E-state index contributed by atoms with van der Waals surface area (Å²) in [4.78, 5) is 14.5. The number of carbonyl (C=O) groups excluding carboxylic acids is 1. The third-order valence-electron chi connectivity index (χ3n) is 4.39. The molecule has 128 valence electrons. The number of carbonyl (C=O) groups is 1. The van der Waals surface area contributed by atoms with Crippen molar-refractivity contribution in [1.82, 2.24) is 10.2 Å². The molecule has 3 atom stereocenters. The van der Waals surface area contributed by atoms with Crippen LogP contribution in [0.1, 0.15) is 25.5 Å². The van der Waals surface area contributed by atoms with E-state index in [1.165, 1.54) is 0 Å². The molecule has 1 aliphatic rings. The van der Waals surface area contributed by atoms with Crippen molar-refractivity contribution in [2.24, 2.45) is 11.7 Å². The summed E-state index contributed by atoms with van der Waals surface area (Å²) in [5, 5.41) is 3.74. The van der Waals surface area contributed by atoms with E-state index < -0.39 is 0 Å². The molecular formula is C17H26ClN3O2. The van der Waals surface area contributed by atoms with E-state index in [1.54, 1.807) is 0 Å². The minimum atomic E-state index is -0.209. The highest BCUT2D eigenvalue weighted by Gasteiger charge is 2.25. The van der Waals surface area contributed by atoms with Crippen LogP contribution in [0.2, 0.25) is 5.02 Å². The van der Waals surface area contributed by atoms with E-state index >= 15 is 0 Å². The van der Waals surface area contributed by atoms with Crippen molar-refractivity contribution in [2.75, 3.05) is 32.8 Å². The van der Waals surface area contributed by atoms with Gasteiger partial charge in [0.25, 0.3) is 0 Å². The van der Waals surface area contributed by atoms with Crippen molar-refractivity contribution in [1.29, 1.82) is 0 Å². The van der Waals surface area contributed by atoms with Gasteiger partial charge in [-0.3, -0.25) is 9.69 Å². The van der Waals surface area contributed by atoms with Gasteiger partial charge in [-0.25, -0.2) is 0 Å². The number of nitrogens with two attached hydrogens (primary N) is 1. The van der Waals surface area contributed by atoms with Crippen LogP contribution in [-0.4, -0.2) is 49.7 Å². The largest absolute Gasteiger partial charge is 0.379 e. The second-order valence-corrected chi connectivity index (χ2v) is 6.55. The van der Waals surface area contributed by atoms with Gasteiger partial charge in [-0.1, -0.05) is 30.7 Å². The van der Waals surface area contributed by atoms with Gasteiger partial charge in [-0.2, -0.15) is 0 Å². The van der Waals surface area contributed by atoms with E-state index in [4.69, 9.17) is 22.1 Å². The van der Waals surface area contributed by atoms with E-state index in [-0.39, 0.29) is 23.9 Å². The highest BCUT2D eigenvalue weighted by molar-refractivity contribution is 6.30. The van der Waals surface area contributed by atoms with Gasteiger partial charge in [-0.15, -0.1) is 0 Å². The minimum Gasteiger partial charge on any atom is -0.379 e. The van der Waals surface area contributed by atoms with Gasteiger partial charge >= 0.3 is 0 Å². The average molecular weight is 340 g/mol. The van der Waals surface area contributed by atoms with E-state index in [9.17, 15) is 4.79 Å². The molecule has 0 spiro atoms. The normalized spacial score (nSPS) is 19.8. The van der Waals surface area contributed by atoms with Gasteiger partial charge in [0.05, 0.1) is 19.3 Å². The SMILES string of the molecule is CC(N)C(C)C(=O)NCC(c1cccc(Cl)c1)N1CCOCC1. The number of morpholine rings is 1. The van der Waals surface area contributed by atoms with E-state index in [1.807, 2.05) is 38.1 Å². The Hall–Kier alpha value is -1.14. The molecule has 1 heterocycles. The first kappa shape index (κ1) is 18.2. The molecule has 23 heavy (non-hydrogen) atoms. The quantitative estimate of drug-likeness (QED) is 0.829. The van der Waals surface area contributed by atoms with Crippen LogP contribution >= 0.6 is 11.6 Å². The Balaban J connectivity index is 2.09. The topological polar surface area (TPSA) is 67.6 Å². The molecule has 2 rings (SSSR count). The summed E-state index contributed by atoms with van der Waals surface area (Å²) in [6.07, 6.45) is 0. The fourth-order valence-corrected chi connectivity index (χ4v) is 2.86. The first-order chi connectivity index (χ1) is 11.0. The van der Waals surface area contributed by atoms with Crippen molar-refractivity contribution in [3.63, 3.8) is 0 Å². The number of hydrogen-bond acceptors (Lipinski definition) is 4. The zero-order valence-electron chi connectivity index (χ0n) is 13.8. The maximum Gasteiger partial charge on any atom is 0.224 e. The van der Waals surface area contributed by atoms with Crippen molar-refractivity contribution in [3.05, 3.63) is 34.9 Å². The zero-order chi connectivity index (χ0) is 16.8. The lowest BCUT2D eigenvalue weighted by Gasteiger charge is -2.35. The van der Waals surface area contributed by atoms with E-state index in [0.717, 1.165) is 18.7 Å². The van der Waals surface area contributed by atoms with Crippen molar-refractivity contribution >= 4 is 17.5 Å². The summed E-state index contributed by atoms with van der Waals surface area (Å²) in [5.74, 6) is -0.222. The molecule has 1 fully saturated rings. The Bertz CT molecular complexity index is 518. The zero-order valence-corrected chi connectivity index (χ0v) is 14.6. The van der Waals surface area contributed by atoms with Gasteiger partial charge in [-0.05, 0) is 24.6 Å². The van der Waals surface area contributed by atoms with Crippen LogP contribution in [0.25, 0.3) is 0 Å². The average Bonchev–Trinajstić information content (AvgIpc) is 2.55. The van der Waals surface area contributed by atoms with Crippen LogP contribution in [0.4, 0.5) is 0 Å². The molecule has 3 unspecified atom stereocenters. The summed E-state index contributed by atoms with van der Waals surface area (Å²) >= 11 is 6.14. The molecule has 5 nitrogen and oxygen atoms in total. The number of nitrogens with zero attached hydrogens (tertiary/aromatic N) is 1. The van der Waals surface area contributed by atoms with Crippen LogP contribution in [0.15, 0.2) is 24.3 Å². The molecule has 1 amide bonds. The highest BCUT2D eigenvalue weighted by atomic mass is 35.5. The van der Waals surface area contributed by atoms with Crippen LogP contribution in [0.3, 0.4) is 0 Å². The Kier molecular flexibility index (Phi) is 6.84. The summed E-state index contributed by atoms with van der Waals surface area (Å²) < 4.78 is 5.43. The lowest BCUT2D eigenvalue weighted by atomic mass is 10.0. The van der Waals surface area contributed by atoms with Crippen molar-refractivity contribution in [2.45, 2.75) is 25.9 Å². The number of benzene rings is 1. The van der Waals surface area contributed by atoms with E-state index in [0.29, 0.717) is 24.8 Å². The summed E-state index contributed by atoms with van der Waals surface area (Å²) in [6.45, 7) is 7.34. The Morgan fingerprint density at radius 2 is 2.09 bits per heavy atom. The van der Waals surface area contributed by atoms with E-state index in [2.05, 4.69) is 10.2 Å². The third kappa shape index (κ3) is 5.18. The molecule has 1 aromatic rings. The smallest absolute Gasteiger partial charge is 0.224 e. The van der Waals surface area contributed by atoms with Crippen molar-refractivity contribution in [3.8, 4) is 0 Å². The molecule has 0 aliphatic carbocycles. The maximum absolute atomic E-state index is 12.2. The van der Waals surface area contributed by atoms with Gasteiger partial charge in [0.1, 0.15) is 0 Å². The van der Waals surface area contributed by atoms with Crippen molar-refractivity contribution < 1.29 is 9.53 Å².